The molecule has 4 heterocycles. The predicted octanol–water partition coefficient (Wildman–Crippen LogP) is 24.5. The van der Waals surface area contributed by atoms with Crippen molar-refractivity contribution >= 4 is 63.0 Å². The molecule has 18 rings (SSSR count). The second-order valence-electron chi connectivity index (χ2n) is 24.5. The number of thiophene rings is 2. The lowest BCUT2D eigenvalue weighted by Gasteiger charge is -2.12. The number of fused-ring (bicyclic) bond motifs is 6. The zero-order chi connectivity index (χ0) is 64.9. The van der Waals surface area contributed by atoms with Crippen molar-refractivity contribution < 1.29 is 0 Å². The lowest BCUT2D eigenvalue weighted by molar-refractivity contribution is 1.07. The van der Waals surface area contributed by atoms with E-state index in [0.717, 1.165) is 71.5 Å². The van der Waals surface area contributed by atoms with Crippen LogP contribution in [0.1, 0.15) is 0 Å². The van der Waals surface area contributed by atoms with Crippen LogP contribution in [0.5, 0.6) is 0 Å². The van der Waals surface area contributed by atoms with Gasteiger partial charge in [-0.05, 0) is 103 Å². The minimum Gasteiger partial charge on any atom is -0.208 e. The highest BCUT2D eigenvalue weighted by atomic mass is 32.1. The summed E-state index contributed by atoms with van der Waals surface area (Å²) in [4.78, 5) is 31.0. The van der Waals surface area contributed by atoms with Crippen LogP contribution >= 0.6 is 22.7 Å². The summed E-state index contributed by atoms with van der Waals surface area (Å²) in [6.07, 6.45) is 0. The van der Waals surface area contributed by atoms with Crippen LogP contribution in [0.2, 0.25) is 0 Å². The molecule has 0 fully saturated rings. The molecule has 0 radical (unpaired) electrons. The molecule has 0 unspecified atom stereocenters. The Hall–Kier alpha value is -12.5. The Morgan fingerprint density at radius 2 is 0.408 bits per heavy atom. The molecule has 6 nitrogen and oxygen atoms in total. The number of rotatable bonds is 13. The zero-order valence-electron chi connectivity index (χ0n) is 52.8. The Morgan fingerprint density at radius 3 is 0.847 bits per heavy atom. The summed E-state index contributed by atoms with van der Waals surface area (Å²) in [5, 5.41) is 4.81. The van der Waals surface area contributed by atoms with E-state index < -0.39 is 0 Å². The molecule has 0 atom stereocenters. The van der Waals surface area contributed by atoms with Gasteiger partial charge in [-0.25, -0.2) is 29.9 Å². The van der Waals surface area contributed by atoms with Gasteiger partial charge in [-0.15, -0.1) is 22.7 Å². The lowest BCUT2D eigenvalue weighted by atomic mass is 9.93. The van der Waals surface area contributed by atoms with Crippen LogP contribution in [-0.2, 0) is 0 Å². The number of benzene rings is 14. The predicted molar refractivity (Wildman–Crippen MR) is 410 cm³/mol. The van der Waals surface area contributed by atoms with Gasteiger partial charge in [0.15, 0.2) is 34.9 Å². The summed E-state index contributed by atoms with van der Waals surface area (Å²) in [5.41, 5.74) is 21.8. The molecule has 18 aromatic rings. The minimum absolute atomic E-state index is 0.606. The molecule has 4 aromatic heterocycles. The SMILES string of the molecule is c1ccc(-c2ccc(-c3cc(-c4cccc(-c5cccc(-c6nc(-c7ccccc7)nc(-c7cccc8c7sc7c(-c9ccc(-c%10ccccc%10)cc9)cccc78)n6)c5)c4)cc4c3sc3c(-c5ccc(-c6nc(-c7ccccc7)nc(-c7ccccc7)n6)cc5)cccc34)cc2)cc1. The summed E-state index contributed by atoms with van der Waals surface area (Å²) in [6.45, 7) is 0. The van der Waals surface area contributed by atoms with Gasteiger partial charge in [0.05, 0.1) is 0 Å². The van der Waals surface area contributed by atoms with Gasteiger partial charge < -0.3 is 0 Å². The Morgan fingerprint density at radius 1 is 0.143 bits per heavy atom. The van der Waals surface area contributed by atoms with Gasteiger partial charge in [0.2, 0.25) is 0 Å². The van der Waals surface area contributed by atoms with Gasteiger partial charge in [0.1, 0.15) is 0 Å². The normalized spacial score (nSPS) is 11.5. The lowest BCUT2D eigenvalue weighted by Crippen LogP contribution is -2.00. The van der Waals surface area contributed by atoms with E-state index >= 15 is 0 Å². The van der Waals surface area contributed by atoms with Crippen molar-refractivity contribution in [3.63, 3.8) is 0 Å². The van der Waals surface area contributed by atoms with Crippen molar-refractivity contribution in [2.75, 3.05) is 0 Å². The molecule has 98 heavy (non-hydrogen) atoms. The van der Waals surface area contributed by atoms with E-state index in [0.29, 0.717) is 34.9 Å². The van der Waals surface area contributed by atoms with Gasteiger partial charge in [0, 0.05) is 79.3 Å². The first kappa shape index (κ1) is 58.1. The molecular weight excluding hydrogens is 1230 g/mol. The quantitative estimate of drug-likeness (QED) is 0.114. The molecule has 0 N–H and O–H groups in total. The molecule has 8 heteroatoms. The van der Waals surface area contributed by atoms with Crippen LogP contribution < -0.4 is 0 Å². The molecule has 0 saturated heterocycles. The molecule has 458 valence electrons. The van der Waals surface area contributed by atoms with Crippen molar-refractivity contribution in [1.29, 1.82) is 0 Å². The van der Waals surface area contributed by atoms with E-state index in [-0.39, 0.29) is 0 Å². The van der Waals surface area contributed by atoms with Crippen molar-refractivity contribution in [2.24, 2.45) is 0 Å². The topological polar surface area (TPSA) is 77.3 Å². The highest BCUT2D eigenvalue weighted by Gasteiger charge is 2.22. The third-order valence-electron chi connectivity index (χ3n) is 18.4. The summed E-state index contributed by atoms with van der Waals surface area (Å²) >= 11 is 3.66. The monoisotopic (exact) mass is 1280 g/mol. The van der Waals surface area contributed by atoms with Crippen molar-refractivity contribution in [3.05, 3.63) is 340 Å². The van der Waals surface area contributed by atoms with Crippen LogP contribution in [0.25, 0.3) is 187 Å². The Bertz CT molecular complexity index is 5940. The fourth-order valence-corrected chi connectivity index (χ4v) is 16.2. The van der Waals surface area contributed by atoms with E-state index in [1.807, 2.05) is 90.2 Å². The Balaban J connectivity index is 0.717. The van der Waals surface area contributed by atoms with Gasteiger partial charge in [-0.2, -0.15) is 0 Å². The van der Waals surface area contributed by atoms with Crippen LogP contribution in [0.4, 0.5) is 0 Å². The summed E-state index contributed by atoms with van der Waals surface area (Å²) in [6, 6.07) is 121. The smallest absolute Gasteiger partial charge is 0.165 e. The maximum atomic E-state index is 5.39. The molecule has 0 bridgehead atoms. The molecule has 0 saturated carbocycles. The van der Waals surface area contributed by atoms with Crippen LogP contribution in [0, 0.1) is 0 Å². The average Bonchev–Trinajstić information content (AvgIpc) is 1.59. The highest BCUT2D eigenvalue weighted by molar-refractivity contribution is 7.27. The molecule has 0 amide bonds. The van der Waals surface area contributed by atoms with Gasteiger partial charge in [0.25, 0.3) is 0 Å². The molecule has 0 aliphatic rings. The van der Waals surface area contributed by atoms with Gasteiger partial charge in [-0.1, -0.05) is 309 Å². The molecular formula is C90H56N6S2. The molecule has 0 spiro atoms. The third-order valence-corrected chi connectivity index (χ3v) is 21.0. The van der Waals surface area contributed by atoms with Crippen molar-refractivity contribution in [2.45, 2.75) is 0 Å². The zero-order valence-corrected chi connectivity index (χ0v) is 54.5. The maximum absolute atomic E-state index is 5.39. The standard InChI is InChI=1S/C90H56N6S2/c1-6-21-57(22-7-1)59-41-45-61(46-42-59)73-35-18-37-75-76-38-20-40-78(83(76)97-81(73)75)90-95-87(66-29-14-5-15-30-66)94-89(96-90)71-34-17-32-69(54-71)68-31-16-33-70(53-68)72-55-79(63-47-43-60(44-48-63)58-23-8-2-9-24-58)84-80(56-72)77-39-19-36-74(82(77)98-84)62-49-51-67(52-50-62)88-92-85(64-25-10-3-11-26-64)91-86(93-88)65-27-12-4-13-28-65/h1-56H. The Kier molecular flexibility index (Phi) is 14.8. The van der Waals surface area contributed by atoms with Crippen molar-refractivity contribution in [1.82, 2.24) is 29.9 Å². The summed E-state index contributed by atoms with van der Waals surface area (Å²) in [7, 11) is 0. The summed E-state index contributed by atoms with van der Waals surface area (Å²) < 4.78 is 4.83. The van der Waals surface area contributed by atoms with Gasteiger partial charge in [-0.3, -0.25) is 0 Å². The van der Waals surface area contributed by atoms with E-state index in [4.69, 9.17) is 29.9 Å². The third kappa shape index (κ3) is 11.0. The second kappa shape index (κ2) is 25.0. The van der Waals surface area contributed by atoms with E-state index in [9.17, 15) is 0 Å². The maximum Gasteiger partial charge on any atom is 0.165 e. The first-order valence-corrected chi connectivity index (χ1v) is 34.4. The second-order valence-corrected chi connectivity index (χ2v) is 26.5. The summed E-state index contributed by atoms with van der Waals surface area (Å²) in [5.74, 6) is 3.75. The average molecular weight is 1290 g/mol. The highest BCUT2D eigenvalue weighted by Crippen LogP contribution is 2.48. The molecule has 0 aliphatic heterocycles. The Labute approximate surface area is 574 Å². The van der Waals surface area contributed by atoms with E-state index in [2.05, 4.69) is 261 Å². The van der Waals surface area contributed by atoms with Crippen LogP contribution in [-0.4, -0.2) is 29.9 Å². The first-order chi connectivity index (χ1) is 48.5. The van der Waals surface area contributed by atoms with Crippen LogP contribution in [0.3, 0.4) is 0 Å². The van der Waals surface area contributed by atoms with Gasteiger partial charge >= 0.3 is 0 Å². The first-order valence-electron chi connectivity index (χ1n) is 32.8. The largest absolute Gasteiger partial charge is 0.208 e. The number of hydrogen-bond donors (Lipinski definition) is 0. The van der Waals surface area contributed by atoms with E-state index in [1.54, 1.807) is 11.3 Å². The van der Waals surface area contributed by atoms with Crippen molar-refractivity contribution in [3.8, 4) is 146 Å². The van der Waals surface area contributed by atoms with Crippen LogP contribution in [0.15, 0.2) is 340 Å². The number of nitrogens with zero attached hydrogens (tertiary/aromatic N) is 6. The number of hydrogen-bond acceptors (Lipinski definition) is 8. The fourth-order valence-electron chi connectivity index (χ4n) is 13.5. The molecule has 0 aliphatic carbocycles. The number of aromatic nitrogens is 6. The molecule has 14 aromatic carbocycles. The minimum atomic E-state index is 0.606. The van der Waals surface area contributed by atoms with E-state index in [1.165, 1.54) is 80.2 Å². The fraction of sp³-hybridized carbons (Fsp3) is 0.